The van der Waals surface area contributed by atoms with Crippen LogP contribution in [0.1, 0.15) is 37.3 Å². The molecule has 34 heavy (non-hydrogen) atoms. The highest BCUT2D eigenvalue weighted by Crippen LogP contribution is 2.29. The highest BCUT2D eigenvalue weighted by atomic mass is 32.1. The molecule has 1 saturated heterocycles. The number of aromatic nitrogens is 2. The first-order valence-electron chi connectivity index (χ1n) is 10.6. The lowest BCUT2D eigenvalue weighted by atomic mass is 9.91. The lowest BCUT2D eigenvalue weighted by Crippen LogP contribution is -2.44. The Morgan fingerprint density at radius 2 is 2.03 bits per heavy atom. The predicted molar refractivity (Wildman–Crippen MR) is 122 cm³/mol. The Hall–Kier alpha value is -4.04. The Morgan fingerprint density at radius 3 is 2.68 bits per heavy atom. The highest BCUT2D eigenvalue weighted by Gasteiger charge is 2.49. The fourth-order valence-corrected chi connectivity index (χ4v) is 4.34. The van der Waals surface area contributed by atoms with Crippen LogP contribution >= 0.6 is 11.3 Å². The number of nitrogens with zero attached hydrogens (tertiary/aromatic N) is 5. The van der Waals surface area contributed by atoms with Gasteiger partial charge in [0.05, 0.1) is 23.1 Å². The normalized spacial score (nSPS) is 17.5. The summed E-state index contributed by atoms with van der Waals surface area (Å²) in [6.07, 6.45) is 0.667. The number of carbonyl (C=O) groups is 3. The molecule has 11 heteroatoms. The smallest absolute Gasteiger partial charge is 0.325 e. The molecule has 1 aliphatic heterocycles. The lowest BCUT2D eigenvalue weighted by molar-refractivity contribution is -0.139. The van der Waals surface area contributed by atoms with Crippen LogP contribution in [0.15, 0.2) is 46.2 Å². The fourth-order valence-electron chi connectivity index (χ4n) is 3.69. The zero-order chi connectivity index (χ0) is 24.3. The van der Waals surface area contributed by atoms with Gasteiger partial charge in [-0.3, -0.25) is 14.5 Å². The van der Waals surface area contributed by atoms with Crippen LogP contribution in [0.25, 0.3) is 10.8 Å². The van der Waals surface area contributed by atoms with Gasteiger partial charge in [-0.05, 0) is 42.5 Å². The standard InChI is InChI=1S/C23H22N6O4S/c1-3-10-28(13-18-26-27-20(33-18)17-5-4-11-34-17)19(30)14-29-21(31)23(2,25-22(29)32)16-8-6-15(12-24)7-9-16/h4-9,11H,3,10,13-14H2,1-2H3,(H,25,32). The second kappa shape index (κ2) is 9.44. The molecular formula is C23H22N6O4S. The van der Waals surface area contributed by atoms with Crippen LogP contribution in [0.4, 0.5) is 4.79 Å². The van der Waals surface area contributed by atoms with Crippen molar-refractivity contribution >= 4 is 29.2 Å². The fraction of sp³-hybridized carbons (Fsp3) is 0.304. The minimum Gasteiger partial charge on any atom is -0.418 e. The van der Waals surface area contributed by atoms with E-state index < -0.39 is 29.9 Å². The zero-order valence-corrected chi connectivity index (χ0v) is 19.5. The summed E-state index contributed by atoms with van der Waals surface area (Å²) in [5.74, 6) is -0.305. The van der Waals surface area contributed by atoms with Crippen molar-refractivity contribution < 1.29 is 18.8 Å². The van der Waals surface area contributed by atoms with Crippen molar-refractivity contribution in [3.05, 3.63) is 58.8 Å². The molecule has 1 N–H and O–H groups in total. The van der Waals surface area contributed by atoms with Gasteiger partial charge < -0.3 is 14.6 Å². The molecule has 0 radical (unpaired) electrons. The number of nitriles is 1. The van der Waals surface area contributed by atoms with E-state index in [9.17, 15) is 14.4 Å². The molecule has 174 valence electrons. The van der Waals surface area contributed by atoms with Gasteiger partial charge in [0, 0.05) is 6.54 Å². The highest BCUT2D eigenvalue weighted by molar-refractivity contribution is 7.13. The Labute approximate surface area is 199 Å². The van der Waals surface area contributed by atoms with Crippen molar-refractivity contribution in [2.75, 3.05) is 13.1 Å². The topological polar surface area (TPSA) is 132 Å². The van der Waals surface area contributed by atoms with E-state index in [-0.39, 0.29) is 12.4 Å². The van der Waals surface area contributed by atoms with Gasteiger partial charge in [-0.15, -0.1) is 21.5 Å². The van der Waals surface area contributed by atoms with Crippen molar-refractivity contribution in [2.45, 2.75) is 32.4 Å². The molecule has 1 fully saturated rings. The molecule has 10 nitrogen and oxygen atoms in total. The molecule has 0 spiro atoms. The number of thiophene rings is 1. The minimum absolute atomic E-state index is 0.0710. The second-order valence-corrected chi connectivity index (χ2v) is 8.88. The summed E-state index contributed by atoms with van der Waals surface area (Å²) in [4.78, 5) is 42.1. The third-order valence-corrected chi connectivity index (χ3v) is 6.39. The molecule has 1 unspecified atom stereocenters. The summed E-state index contributed by atoms with van der Waals surface area (Å²) in [6.45, 7) is 3.55. The number of benzene rings is 1. The maximum absolute atomic E-state index is 13.2. The van der Waals surface area contributed by atoms with E-state index in [1.54, 1.807) is 31.2 Å². The number of nitrogens with one attached hydrogen (secondary N) is 1. The van der Waals surface area contributed by atoms with Gasteiger partial charge in [0.1, 0.15) is 12.1 Å². The third-order valence-electron chi connectivity index (χ3n) is 5.53. The maximum Gasteiger partial charge on any atom is 0.325 e. The van der Waals surface area contributed by atoms with E-state index in [0.717, 1.165) is 9.78 Å². The Balaban J connectivity index is 1.47. The molecule has 1 aliphatic rings. The van der Waals surface area contributed by atoms with Crippen molar-refractivity contribution in [1.29, 1.82) is 5.26 Å². The average Bonchev–Trinajstić information content (AvgIpc) is 3.57. The van der Waals surface area contributed by atoms with E-state index in [1.165, 1.54) is 16.2 Å². The summed E-state index contributed by atoms with van der Waals surface area (Å²) in [5.41, 5.74) is -0.366. The van der Waals surface area contributed by atoms with Crippen LogP contribution in [0.3, 0.4) is 0 Å². The first-order chi connectivity index (χ1) is 16.4. The number of carbonyl (C=O) groups excluding carboxylic acids is 3. The van der Waals surface area contributed by atoms with E-state index in [4.69, 9.17) is 9.68 Å². The van der Waals surface area contributed by atoms with Crippen LogP contribution in [0.5, 0.6) is 0 Å². The van der Waals surface area contributed by atoms with Crippen molar-refractivity contribution in [3.8, 4) is 16.8 Å². The van der Waals surface area contributed by atoms with Gasteiger partial charge in [0.25, 0.3) is 11.8 Å². The summed E-state index contributed by atoms with van der Waals surface area (Å²) in [7, 11) is 0. The number of rotatable bonds is 8. The minimum atomic E-state index is -1.33. The van der Waals surface area contributed by atoms with Crippen LogP contribution in [-0.2, 0) is 21.7 Å². The zero-order valence-electron chi connectivity index (χ0n) is 18.6. The number of hydrogen-bond acceptors (Lipinski definition) is 8. The predicted octanol–water partition coefficient (Wildman–Crippen LogP) is 2.88. The summed E-state index contributed by atoms with van der Waals surface area (Å²) >= 11 is 1.47. The largest absolute Gasteiger partial charge is 0.418 e. The summed E-state index contributed by atoms with van der Waals surface area (Å²) in [5, 5.41) is 21.6. The van der Waals surface area contributed by atoms with Gasteiger partial charge >= 0.3 is 6.03 Å². The van der Waals surface area contributed by atoms with Crippen molar-refractivity contribution in [2.24, 2.45) is 0 Å². The monoisotopic (exact) mass is 478 g/mol. The van der Waals surface area contributed by atoms with E-state index >= 15 is 0 Å². The molecule has 4 amide bonds. The summed E-state index contributed by atoms with van der Waals surface area (Å²) in [6, 6.07) is 11.5. The molecule has 3 heterocycles. The van der Waals surface area contributed by atoms with Crippen molar-refractivity contribution in [1.82, 2.24) is 25.3 Å². The molecule has 0 aliphatic carbocycles. The van der Waals surface area contributed by atoms with Crippen LogP contribution in [0.2, 0.25) is 0 Å². The van der Waals surface area contributed by atoms with Gasteiger partial charge in [-0.1, -0.05) is 25.1 Å². The molecule has 1 atom stereocenters. The molecule has 0 saturated carbocycles. The molecule has 1 aromatic carbocycles. The molecule has 4 rings (SSSR count). The Kier molecular flexibility index (Phi) is 6.43. The first-order valence-corrected chi connectivity index (χ1v) is 11.5. The van der Waals surface area contributed by atoms with Gasteiger partial charge in [-0.25, -0.2) is 4.79 Å². The lowest BCUT2D eigenvalue weighted by Gasteiger charge is -2.24. The van der Waals surface area contributed by atoms with E-state index in [2.05, 4.69) is 15.5 Å². The van der Waals surface area contributed by atoms with Crippen LogP contribution in [-0.4, -0.2) is 50.9 Å². The van der Waals surface area contributed by atoms with Crippen molar-refractivity contribution in [3.63, 3.8) is 0 Å². The number of amides is 4. The first kappa shape index (κ1) is 23.1. The molecule has 0 bridgehead atoms. The number of imide groups is 1. The van der Waals surface area contributed by atoms with Gasteiger partial charge in [-0.2, -0.15) is 5.26 Å². The number of urea groups is 1. The van der Waals surface area contributed by atoms with Gasteiger partial charge in [0.15, 0.2) is 0 Å². The van der Waals surface area contributed by atoms with E-state index in [0.29, 0.717) is 30.0 Å². The molecular weight excluding hydrogens is 456 g/mol. The van der Waals surface area contributed by atoms with Crippen LogP contribution < -0.4 is 5.32 Å². The maximum atomic E-state index is 13.2. The summed E-state index contributed by atoms with van der Waals surface area (Å²) < 4.78 is 5.69. The van der Waals surface area contributed by atoms with Gasteiger partial charge in [0.2, 0.25) is 11.8 Å². The Bertz CT molecular complexity index is 1250. The van der Waals surface area contributed by atoms with E-state index in [1.807, 2.05) is 30.5 Å². The third kappa shape index (κ3) is 4.40. The Morgan fingerprint density at radius 1 is 1.26 bits per heavy atom. The molecule has 3 aromatic rings. The average molecular weight is 479 g/mol. The molecule has 2 aromatic heterocycles. The quantitative estimate of drug-likeness (QED) is 0.492. The second-order valence-electron chi connectivity index (χ2n) is 7.93. The van der Waals surface area contributed by atoms with Crippen LogP contribution in [0, 0.1) is 11.3 Å². The SMILES string of the molecule is CCCN(Cc1nnc(-c2cccs2)o1)C(=O)CN1C(=O)NC(C)(c2ccc(C#N)cc2)C1=O. The number of hydrogen-bond donors (Lipinski definition) is 1.